The predicted octanol–water partition coefficient (Wildman–Crippen LogP) is 1.58. The summed E-state index contributed by atoms with van der Waals surface area (Å²) in [6.45, 7) is 3.51. The molecular weight excluding hydrogens is 354 g/mol. The quantitative estimate of drug-likeness (QED) is 0.817. The minimum atomic E-state index is -1.03. The molecule has 2 amide bonds. The number of carbonyl (C=O) groups excluding carboxylic acids is 2. The summed E-state index contributed by atoms with van der Waals surface area (Å²) in [6.07, 6.45) is 1.25. The van der Waals surface area contributed by atoms with Gasteiger partial charge in [-0.3, -0.25) is 9.59 Å². The van der Waals surface area contributed by atoms with E-state index in [0.717, 1.165) is 0 Å². The van der Waals surface area contributed by atoms with Crippen molar-refractivity contribution < 1.29 is 28.2 Å². The standard InChI is InChI=1S/C18H21N3O6/c1-18(2,17(23)19-3)21(4)16(22)12-8-25-15(20-12)9-24-11-5-6-13-14(7-11)27-10-26-13/h5-8H,9-10H2,1-4H3,(H,19,23). The van der Waals surface area contributed by atoms with Gasteiger partial charge in [-0.25, -0.2) is 4.98 Å². The molecule has 1 aliphatic heterocycles. The molecule has 0 unspecified atom stereocenters. The van der Waals surface area contributed by atoms with E-state index in [4.69, 9.17) is 18.6 Å². The van der Waals surface area contributed by atoms with Crippen LogP contribution in [0.1, 0.15) is 30.2 Å². The number of hydrogen-bond acceptors (Lipinski definition) is 7. The lowest BCUT2D eigenvalue weighted by Crippen LogP contribution is -2.54. The first-order chi connectivity index (χ1) is 12.8. The van der Waals surface area contributed by atoms with E-state index in [-0.39, 0.29) is 30.9 Å². The molecule has 0 fully saturated rings. The average molecular weight is 375 g/mol. The minimum Gasteiger partial charge on any atom is -0.484 e. The maximum absolute atomic E-state index is 12.6. The van der Waals surface area contributed by atoms with Gasteiger partial charge in [0, 0.05) is 20.2 Å². The molecule has 0 saturated carbocycles. The number of benzene rings is 1. The van der Waals surface area contributed by atoms with Gasteiger partial charge in [-0.2, -0.15) is 0 Å². The fourth-order valence-electron chi connectivity index (χ4n) is 2.47. The van der Waals surface area contributed by atoms with E-state index in [1.54, 1.807) is 32.0 Å². The number of amides is 2. The van der Waals surface area contributed by atoms with E-state index in [2.05, 4.69) is 10.3 Å². The van der Waals surface area contributed by atoms with Crippen molar-refractivity contribution in [3.63, 3.8) is 0 Å². The highest BCUT2D eigenvalue weighted by Crippen LogP contribution is 2.35. The van der Waals surface area contributed by atoms with Gasteiger partial charge in [-0.15, -0.1) is 0 Å². The number of fused-ring (bicyclic) bond motifs is 1. The van der Waals surface area contributed by atoms with Gasteiger partial charge in [0.05, 0.1) is 0 Å². The van der Waals surface area contributed by atoms with E-state index in [1.807, 2.05) is 0 Å². The fraction of sp³-hybridized carbons (Fsp3) is 0.389. The number of oxazole rings is 1. The molecule has 2 aromatic rings. The van der Waals surface area contributed by atoms with Crippen LogP contribution in [0.4, 0.5) is 0 Å². The molecule has 1 N–H and O–H groups in total. The van der Waals surface area contributed by atoms with Crippen LogP contribution in [0.25, 0.3) is 0 Å². The number of nitrogens with zero attached hydrogens (tertiary/aromatic N) is 2. The molecule has 1 aliphatic rings. The number of hydrogen-bond donors (Lipinski definition) is 1. The van der Waals surface area contributed by atoms with Gasteiger partial charge >= 0.3 is 0 Å². The lowest BCUT2D eigenvalue weighted by Gasteiger charge is -2.33. The Morgan fingerprint density at radius 3 is 2.78 bits per heavy atom. The third-order valence-electron chi connectivity index (χ3n) is 4.40. The largest absolute Gasteiger partial charge is 0.484 e. The van der Waals surface area contributed by atoms with Crippen molar-refractivity contribution in [1.82, 2.24) is 15.2 Å². The summed E-state index contributed by atoms with van der Waals surface area (Å²) in [5.41, 5.74) is -0.938. The first-order valence-corrected chi connectivity index (χ1v) is 8.30. The lowest BCUT2D eigenvalue weighted by molar-refractivity contribution is -0.129. The Morgan fingerprint density at radius 2 is 2.04 bits per heavy atom. The lowest BCUT2D eigenvalue weighted by atomic mass is 10.0. The van der Waals surface area contributed by atoms with Crippen LogP contribution in [0.15, 0.2) is 28.9 Å². The minimum absolute atomic E-state index is 0.0372. The highest BCUT2D eigenvalue weighted by atomic mass is 16.7. The number of carbonyl (C=O) groups is 2. The van der Waals surface area contributed by atoms with Gasteiger partial charge in [0.2, 0.25) is 18.6 Å². The molecule has 27 heavy (non-hydrogen) atoms. The summed E-state index contributed by atoms with van der Waals surface area (Å²) in [5, 5.41) is 2.54. The molecule has 9 heteroatoms. The second-order valence-electron chi connectivity index (χ2n) is 6.43. The number of nitrogens with one attached hydrogen (secondary N) is 1. The molecule has 3 rings (SSSR count). The maximum atomic E-state index is 12.6. The number of rotatable bonds is 6. The SMILES string of the molecule is CNC(=O)C(C)(C)N(C)C(=O)c1coc(COc2ccc3c(c2)OCO3)n1. The van der Waals surface area contributed by atoms with Crippen LogP contribution in [-0.4, -0.2) is 48.1 Å². The molecule has 2 heterocycles. The van der Waals surface area contributed by atoms with Gasteiger partial charge in [0.15, 0.2) is 23.8 Å². The highest BCUT2D eigenvalue weighted by molar-refractivity contribution is 5.97. The van der Waals surface area contributed by atoms with Crippen LogP contribution in [-0.2, 0) is 11.4 Å². The molecule has 0 spiro atoms. The summed E-state index contributed by atoms with van der Waals surface area (Å²) in [7, 11) is 3.05. The monoisotopic (exact) mass is 375 g/mol. The van der Waals surface area contributed by atoms with Crippen molar-refractivity contribution in [2.24, 2.45) is 0 Å². The first-order valence-electron chi connectivity index (χ1n) is 8.30. The third-order valence-corrected chi connectivity index (χ3v) is 4.40. The highest BCUT2D eigenvalue weighted by Gasteiger charge is 2.36. The van der Waals surface area contributed by atoms with Crippen LogP contribution < -0.4 is 19.5 Å². The smallest absolute Gasteiger partial charge is 0.276 e. The molecule has 0 radical (unpaired) electrons. The van der Waals surface area contributed by atoms with Crippen LogP contribution in [0.3, 0.4) is 0 Å². The van der Waals surface area contributed by atoms with E-state index in [1.165, 1.54) is 25.3 Å². The summed E-state index contributed by atoms with van der Waals surface area (Å²) in [4.78, 5) is 30.0. The van der Waals surface area contributed by atoms with Crippen molar-refractivity contribution in [2.75, 3.05) is 20.9 Å². The predicted molar refractivity (Wildman–Crippen MR) is 93.6 cm³/mol. The van der Waals surface area contributed by atoms with Gasteiger partial charge in [-0.1, -0.05) is 0 Å². The molecule has 9 nitrogen and oxygen atoms in total. The molecule has 0 atom stereocenters. The topological polar surface area (TPSA) is 103 Å². The zero-order valence-corrected chi connectivity index (χ0v) is 15.6. The third kappa shape index (κ3) is 3.67. The Balaban J connectivity index is 1.64. The Hall–Kier alpha value is -3.23. The number of aromatic nitrogens is 1. The average Bonchev–Trinajstić information content (AvgIpc) is 3.33. The zero-order valence-electron chi connectivity index (χ0n) is 15.6. The van der Waals surface area contributed by atoms with Crippen molar-refractivity contribution in [2.45, 2.75) is 26.0 Å². The normalized spacial score (nSPS) is 12.6. The molecule has 0 aliphatic carbocycles. The van der Waals surface area contributed by atoms with Gasteiger partial charge in [0.1, 0.15) is 17.6 Å². The Kier molecular flexibility index (Phi) is 4.93. The summed E-state index contributed by atoms with van der Waals surface area (Å²) >= 11 is 0. The second-order valence-corrected chi connectivity index (χ2v) is 6.43. The van der Waals surface area contributed by atoms with E-state index < -0.39 is 11.4 Å². The van der Waals surface area contributed by atoms with E-state index in [0.29, 0.717) is 17.2 Å². The number of ether oxygens (including phenoxy) is 3. The van der Waals surface area contributed by atoms with Crippen molar-refractivity contribution in [3.05, 3.63) is 36.0 Å². The van der Waals surface area contributed by atoms with E-state index >= 15 is 0 Å². The zero-order chi connectivity index (χ0) is 19.6. The van der Waals surface area contributed by atoms with Crippen LogP contribution in [0, 0.1) is 0 Å². The van der Waals surface area contributed by atoms with Crippen LogP contribution >= 0.6 is 0 Å². The second kappa shape index (κ2) is 7.18. The van der Waals surface area contributed by atoms with Crippen molar-refractivity contribution >= 4 is 11.8 Å². The van der Waals surface area contributed by atoms with Crippen molar-refractivity contribution in [3.8, 4) is 17.2 Å². The van der Waals surface area contributed by atoms with Gasteiger partial charge in [-0.05, 0) is 26.0 Å². The number of likely N-dealkylation sites (N-methyl/N-ethyl adjacent to an activating group) is 2. The van der Waals surface area contributed by atoms with Gasteiger partial charge in [0.25, 0.3) is 5.91 Å². The van der Waals surface area contributed by atoms with Crippen LogP contribution in [0.2, 0.25) is 0 Å². The summed E-state index contributed by atoms with van der Waals surface area (Å²) in [6, 6.07) is 5.19. The molecule has 1 aromatic carbocycles. The Bertz CT molecular complexity index is 861. The molecule has 0 saturated heterocycles. The summed E-state index contributed by atoms with van der Waals surface area (Å²) in [5.74, 6) is 1.35. The van der Waals surface area contributed by atoms with Crippen LogP contribution in [0.5, 0.6) is 17.2 Å². The summed E-state index contributed by atoms with van der Waals surface area (Å²) < 4.78 is 21.5. The fourth-order valence-corrected chi connectivity index (χ4v) is 2.47. The van der Waals surface area contributed by atoms with Crippen molar-refractivity contribution in [1.29, 1.82) is 0 Å². The molecule has 144 valence electrons. The molecular formula is C18H21N3O6. The van der Waals surface area contributed by atoms with E-state index in [9.17, 15) is 9.59 Å². The maximum Gasteiger partial charge on any atom is 0.276 e. The molecule has 1 aromatic heterocycles. The first kappa shape index (κ1) is 18.6. The Morgan fingerprint density at radius 1 is 1.30 bits per heavy atom. The van der Waals surface area contributed by atoms with Gasteiger partial charge < -0.3 is 28.8 Å². The molecule has 0 bridgehead atoms. The Labute approximate surface area is 156 Å².